The number of hydrogen-bond donors (Lipinski definition) is 1. The highest BCUT2D eigenvalue weighted by atomic mass is 35.5. The van der Waals surface area contributed by atoms with Gasteiger partial charge in [0.15, 0.2) is 9.84 Å². The molecule has 0 rings (SSSR count). The molecular weight excluding hydrogens is 254 g/mol. The van der Waals surface area contributed by atoms with Gasteiger partial charge in [0.05, 0.1) is 13.2 Å². The van der Waals surface area contributed by atoms with E-state index < -0.39 is 20.5 Å². The number of hydrogen-bond acceptors (Lipinski definition) is 4. The van der Waals surface area contributed by atoms with Gasteiger partial charge in [-0.1, -0.05) is 0 Å². The van der Waals surface area contributed by atoms with Crippen molar-refractivity contribution in [3.8, 4) is 0 Å². The minimum atomic E-state index is -3.42. The number of nitrogens with one attached hydrogen (secondary N) is 1. The van der Waals surface area contributed by atoms with Crippen LogP contribution in [0.25, 0.3) is 0 Å². The molecule has 1 amide bonds. The van der Waals surface area contributed by atoms with E-state index >= 15 is 0 Å². The Morgan fingerprint density at radius 3 is 2.38 bits per heavy atom. The number of halogens is 1. The van der Waals surface area contributed by atoms with Gasteiger partial charge in [-0.05, 0) is 13.8 Å². The average Bonchev–Trinajstić information content (AvgIpc) is 2.15. The van der Waals surface area contributed by atoms with Crippen molar-refractivity contribution in [3.05, 3.63) is 0 Å². The monoisotopic (exact) mass is 271 g/mol. The number of rotatable bonds is 7. The van der Waals surface area contributed by atoms with Crippen LogP contribution in [0.4, 0.5) is 0 Å². The zero-order valence-corrected chi connectivity index (χ0v) is 11.3. The second-order valence-corrected chi connectivity index (χ2v) is 6.78. The predicted molar refractivity (Wildman–Crippen MR) is 63.5 cm³/mol. The Morgan fingerprint density at radius 1 is 1.38 bits per heavy atom. The topological polar surface area (TPSA) is 72.5 Å². The number of sulfone groups is 1. The van der Waals surface area contributed by atoms with E-state index in [0.29, 0.717) is 19.1 Å². The molecule has 0 aromatic rings. The summed E-state index contributed by atoms with van der Waals surface area (Å²) in [5.41, 5.74) is 0. The third-order valence-corrected chi connectivity index (χ3v) is 4.42. The Morgan fingerprint density at radius 2 is 1.94 bits per heavy atom. The van der Waals surface area contributed by atoms with Gasteiger partial charge < -0.3 is 10.1 Å². The fraction of sp³-hybridized carbons (Fsp3) is 0.889. The summed E-state index contributed by atoms with van der Waals surface area (Å²) in [4.78, 5) is 11.6. The normalized spacial score (nSPS) is 12.5. The van der Waals surface area contributed by atoms with Crippen LogP contribution in [0.15, 0.2) is 0 Å². The summed E-state index contributed by atoms with van der Waals surface area (Å²) in [7, 11) is -3.42. The first kappa shape index (κ1) is 15.7. The molecule has 0 atom stereocenters. The maximum Gasteiger partial charge on any atom is 0.240 e. The fourth-order valence-corrected chi connectivity index (χ4v) is 1.29. The fourth-order valence-electron chi connectivity index (χ4n) is 0.775. The summed E-state index contributed by atoms with van der Waals surface area (Å²) in [6.07, 6.45) is 1.04. The van der Waals surface area contributed by atoms with Gasteiger partial charge in [-0.3, -0.25) is 4.79 Å². The molecule has 0 saturated carbocycles. The minimum absolute atomic E-state index is 0.272. The molecule has 5 nitrogen and oxygen atoms in total. The van der Waals surface area contributed by atoms with Crippen LogP contribution in [0.3, 0.4) is 0 Å². The Kier molecular flexibility index (Phi) is 6.28. The number of amides is 1. The van der Waals surface area contributed by atoms with E-state index in [4.69, 9.17) is 16.3 Å². The van der Waals surface area contributed by atoms with Gasteiger partial charge in [0.25, 0.3) is 0 Å². The second-order valence-electron chi connectivity index (χ2n) is 3.84. The van der Waals surface area contributed by atoms with Crippen LogP contribution in [-0.4, -0.2) is 51.0 Å². The summed E-state index contributed by atoms with van der Waals surface area (Å²) >= 11 is 5.38. The van der Waals surface area contributed by atoms with Gasteiger partial charge in [0.1, 0.15) is 4.75 Å². The molecule has 1 N–H and O–H groups in total. The van der Waals surface area contributed by atoms with Crippen molar-refractivity contribution in [3.63, 3.8) is 0 Å². The van der Waals surface area contributed by atoms with Gasteiger partial charge in [0.2, 0.25) is 5.91 Å². The Labute approximate surface area is 101 Å². The highest BCUT2D eigenvalue weighted by molar-refractivity contribution is 7.92. The van der Waals surface area contributed by atoms with Crippen LogP contribution >= 0.6 is 11.6 Å². The van der Waals surface area contributed by atoms with Gasteiger partial charge in [-0.25, -0.2) is 8.42 Å². The first-order valence-electron chi connectivity index (χ1n) is 4.85. The summed E-state index contributed by atoms with van der Waals surface area (Å²) in [5, 5.41) is 2.50. The third kappa shape index (κ3) is 4.67. The molecule has 0 saturated heterocycles. The molecule has 7 heteroatoms. The van der Waals surface area contributed by atoms with Crippen LogP contribution in [-0.2, 0) is 19.4 Å². The number of carbonyl (C=O) groups excluding carboxylic acids is 1. The molecule has 0 aromatic carbocycles. The quantitative estimate of drug-likeness (QED) is 0.530. The van der Waals surface area contributed by atoms with E-state index in [2.05, 4.69) is 5.32 Å². The number of alkyl halides is 1. The van der Waals surface area contributed by atoms with E-state index in [-0.39, 0.29) is 6.54 Å². The van der Waals surface area contributed by atoms with Crippen LogP contribution in [0.1, 0.15) is 13.8 Å². The molecule has 0 aromatic heterocycles. The smallest absolute Gasteiger partial charge is 0.240 e. The van der Waals surface area contributed by atoms with Gasteiger partial charge in [0, 0.05) is 18.7 Å². The number of carbonyl (C=O) groups is 1. The van der Waals surface area contributed by atoms with Crippen molar-refractivity contribution in [1.82, 2.24) is 5.32 Å². The van der Waals surface area contributed by atoms with Crippen LogP contribution < -0.4 is 5.32 Å². The highest BCUT2D eigenvalue weighted by Gasteiger charge is 2.37. The Balaban J connectivity index is 4.08. The molecule has 0 bridgehead atoms. The predicted octanol–water partition coefficient (Wildman–Crippen LogP) is 0.181. The van der Waals surface area contributed by atoms with E-state index in [1.807, 2.05) is 0 Å². The van der Waals surface area contributed by atoms with Crippen molar-refractivity contribution in [2.45, 2.75) is 18.6 Å². The third-order valence-electron chi connectivity index (χ3n) is 2.23. The lowest BCUT2D eigenvalue weighted by atomic mass is 10.2. The second kappa shape index (κ2) is 6.42. The average molecular weight is 272 g/mol. The van der Waals surface area contributed by atoms with Crippen molar-refractivity contribution >= 4 is 27.3 Å². The largest absolute Gasteiger partial charge is 0.378 e. The maximum atomic E-state index is 11.6. The maximum absolute atomic E-state index is 11.6. The SMILES string of the molecule is CC(C)(C(=O)NCCOCCCl)S(C)(=O)=O. The summed E-state index contributed by atoms with van der Waals surface area (Å²) < 4.78 is 26.3. The van der Waals surface area contributed by atoms with Gasteiger partial charge >= 0.3 is 0 Å². The van der Waals surface area contributed by atoms with E-state index in [1.165, 1.54) is 13.8 Å². The molecule has 0 spiro atoms. The van der Waals surface area contributed by atoms with Crippen LogP contribution in [0.2, 0.25) is 0 Å². The summed E-state index contributed by atoms with van der Waals surface area (Å²) in [6, 6.07) is 0. The van der Waals surface area contributed by atoms with Crippen LogP contribution in [0.5, 0.6) is 0 Å². The first-order chi connectivity index (χ1) is 7.23. The lowest BCUT2D eigenvalue weighted by Crippen LogP contribution is -2.48. The zero-order chi connectivity index (χ0) is 12.8. The summed E-state index contributed by atoms with van der Waals surface area (Å²) in [5.74, 6) is -0.132. The van der Waals surface area contributed by atoms with Crippen molar-refractivity contribution in [2.75, 3.05) is 31.9 Å². The molecule has 0 heterocycles. The zero-order valence-electron chi connectivity index (χ0n) is 9.75. The standard InChI is InChI=1S/C9H18ClNO4S/c1-9(2,16(3,13)14)8(12)11-5-7-15-6-4-10/h4-7H2,1-3H3,(H,11,12). The lowest BCUT2D eigenvalue weighted by Gasteiger charge is -2.21. The molecule has 0 aliphatic carbocycles. The molecule has 0 radical (unpaired) electrons. The highest BCUT2D eigenvalue weighted by Crippen LogP contribution is 2.14. The molecule has 0 fully saturated rings. The Bertz CT molecular complexity index is 326. The van der Waals surface area contributed by atoms with Crippen molar-refractivity contribution < 1.29 is 17.9 Å². The van der Waals surface area contributed by atoms with E-state index in [9.17, 15) is 13.2 Å². The first-order valence-corrected chi connectivity index (χ1v) is 7.27. The van der Waals surface area contributed by atoms with Crippen molar-refractivity contribution in [1.29, 1.82) is 0 Å². The van der Waals surface area contributed by atoms with Crippen LogP contribution in [0, 0.1) is 0 Å². The molecule has 0 aliphatic rings. The van der Waals surface area contributed by atoms with Gasteiger partial charge in [-0.15, -0.1) is 11.6 Å². The molecular formula is C9H18ClNO4S. The van der Waals surface area contributed by atoms with E-state index in [0.717, 1.165) is 6.26 Å². The Hall–Kier alpha value is -0.330. The lowest BCUT2D eigenvalue weighted by molar-refractivity contribution is -0.123. The molecule has 16 heavy (non-hydrogen) atoms. The number of ether oxygens (including phenoxy) is 1. The minimum Gasteiger partial charge on any atom is -0.378 e. The van der Waals surface area contributed by atoms with Gasteiger partial charge in [-0.2, -0.15) is 0 Å². The summed E-state index contributed by atoms with van der Waals surface area (Å²) in [6.45, 7) is 3.74. The van der Waals surface area contributed by atoms with E-state index in [1.54, 1.807) is 0 Å². The molecule has 0 aliphatic heterocycles. The van der Waals surface area contributed by atoms with Crippen molar-refractivity contribution in [2.24, 2.45) is 0 Å². The molecule has 96 valence electrons. The molecule has 0 unspecified atom stereocenters.